The number of aromatic hydroxyl groups is 2. The Morgan fingerprint density at radius 3 is 2.79 bits per heavy atom. The molecule has 4 N–H and O–H groups in total. The van der Waals surface area contributed by atoms with E-state index in [0.717, 1.165) is 0 Å². The van der Waals surface area contributed by atoms with Crippen LogP contribution >= 0.6 is 0 Å². The van der Waals surface area contributed by atoms with Crippen molar-refractivity contribution in [2.24, 2.45) is 0 Å². The lowest BCUT2D eigenvalue weighted by Crippen LogP contribution is -2.21. The molecule has 0 bridgehead atoms. The first-order valence-corrected chi connectivity index (χ1v) is 4.23. The molecule has 1 aliphatic heterocycles. The van der Waals surface area contributed by atoms with Gasteiger partial charge in [-0.2, -0.15) is 0 Å². The molecule has 2 rings (SSSR count). The van der Waals surface area contributed by atoms with Crippen molar-refractivity contribution in [3.63, 3.8) is 0 Å². The fourth-order valence-corrected chi connectivity index (χ4v) is 1.47. The number of carbonyl (C=O) groups excluding carboxylic acids is 1. The molecule has 0 unspecified atom stereocenters. The average Bonchev–Trinajstić information content (AvgIpc) is 2.57. The third-order valence-electron chi connectivity index (χ3n) is 2.19. The molecule has 5 heteroatoms. The Morgan fingerprint density at radius 1 is 1.36 bits per heavy atom. The van der Waals surface area contributed by atoms with Gasteiger partial charge >= 0.3 is 6.03 Å². The Bertz CT molecular complexity index is 378. The standard InChI is InChI=1S/C9H10N2O3/c12-7-3-1-2-5(8(7)13)6-4-10-9(14)11-6/h1-3,6,12-13H,4H2,(H2,10,11,14)/t6-/m0/s1. The number of hydrogen-bond acceptors (Lipinski definition) is 3. The first kappa shape index (κ1) is 8.68. The largest absolute Gasteiger partial charge is 0.504 e. The van der Waals surface area contributed by atoms with Gasteiger partial charge in [-0.25, -0.2) is 4.79 Å². The van der Waals surface area contributed by atoms with E-state index in [9.17, 15) is 15.0 Å². The number of urea groups is 1. The zero-order chi connectivity index (χ0) is 10.1. The molecule has 0 radical (unpaired) electrons. The maximum absolute atomic E-state index is 10.9. The van der Waals surface area contributed by atoms with Gasteiger partial charge in [-0.3, -0.25) is 0 Å². The molecule has 14 heavy (non-hydrogen) atoms. The number of phenols is 2. The number of rotatable bonds is 1. The summed E-state index contributed by atoms with van der Waals surface area (Å²) in [5.41, 5.74) is 0.517. The van der Waals surface area contributed by atoms with Crippen molar-refractivity contribution in [1.82, 2.24) is 10.6 Å². The summed E-state index contributed by atoms with van der Waals surface area (Å²) in [7, 11) is 0. The summed E-state index contributed by atoms with van der Waals surface area (Å²) in [6.07, 6.45) is 0. The maximum atomic E-state index is 10.9. The molecule has 0 saturated carbocycles. The summed E-state index contributed by atoms with van der Waals surface area (Å²) < 4.78 is 0. The van der Waals surface area contributed by atoms with Gasteiger partial charge in [-0.05, 0) is 6.07 Å². The van der Waals surface area contributed by atoms with Crippen LogP contribution in [0.3, 0.4) is 0 Å². The van der Waals surface area contributed by atoms with E-state index >= 15 is 0 Å². The summed E-state index contributed by atoms with van der Waals surface area (Å²) in [5, 5.41) is 23.9. The topological polar surface area (TPSA) is 81.6 Å². The Hall–Kier alpha value is -1.91. The number of nitrogens with one attached hydrogen (secondary N) is 2. The number of carbonyl (C=O) groups is 1. The van der Waals surface area contributed by atoms with E-state index in [1.807, 2.05) is 0 Å². The highest BCUT2D eigenvalue weighted by Crippen LogP contribution is 2.32. The molecule has 1 aliphatic rings. The molecule has 1 aromatic carbocycles. The predicted molar refractivity (Wildman–Crippen MR) is 49.0 cm³/mol. The van der Waals surface area contributed by atoms with Crippen LogP contribution in [0.2, 0.25) is 0 Å². The second-order valence-corrected chi connectivity index (χ2v) is 3.12. The molecule has 1 saturated heterocycles. The quantitative estimate of drug-likeness (QED) is 0.490. The molecular weight excluding hydrogens is 184 g/mol. The van der Waals surface area contributed by atoms with Crippen LogP contribution in [0, 0.1) is 0 Å². The van der Waals surface area contributed by atoms with Crippen LogP contribution in [-0.4, -0.2) is 22.8 Å². The van der Waals surface area contributed by atoms with E-state index in [1.165, 1.54) is 6.07 Å². The van der Waals surface area contributed by atoms with Crippen LogP contribution in [0.15, 0.2) is 18.2 Å². The van der Waals surface area contributed by atoms with Crippen molar-refractivity contribution in [1.29, 1.82) is 0 Å². The SMILES string of the molecule is O=C1NC[C@@H](c2cccc(O)c2O)N1. The Labute approximate surface area is 80.4 Å². The van der Waals surface area contributed by atoms with E-state index in [0.29, 0.717) is 12.1 Å². The van der Waals surface area contributed by atoms with Gasteiger partial charge in [0.1, 0.15) is 0 Å². The zero-order valence-electron chi connectivity index (χ0n) is 7.32. The normalized spacial score (nSPS) is 20.3. The second kappa shape index (κ2) is 3.10. The van der Waals surface area contributed by atoms with Crippen molar-refractivity contribution < 1.29 is 15.0 Å². The van der Waals surface area contributed by atoms with Crippen LogP contribution in [-0.2, 0) is 0 Å². The number of phenolic OH excluding ortho intramolecular Hbond substituents is 2. The van der Waals surface area contributed by atoms with Crippen LogP contribution in [0.5, 0.6) is 11.5 Å². The molecule has 1 aromatic rings. The third kappa shape index (κ3) is 1.32. The van der Waals surface area contributed by atoms with E-state index in [-0.39, 0.29) is 23.6 Å². The molecule has 1 fully saturated rings. The lowest BCUT2D eigenvalue weighted by molar-refractivity contribution is 0.247. The molecule has 0 aliphatic carbocycles. The van der Waals surface area contributed by atoms with Crippen LogP contribution in [0.25, 0.3) is 0 Å². The second-order valence-electron chi connectivity index (χ2n) is 3.12. The molecule has 2 amide bonds. The maximum Gasteiger partial charge on any atom is 0.315 e. The number of hydrogen-bond donors (Lipinski definition) is 4. The summed E-state index contributed by atoms with van der Waals surface area (Å²) in [6.45, 7) is 0.413. The zero-order valence-corrected chi connectivity index (χ0v) is 7.32. The van der Waals surface area contributed by atoms with E-state index in [2.05, 4.69) is 10.6 Å². The highest BCUT2D eigenvalue weighted by molar-refractivity contribution is 5.77. The van der Waals surface area contributed by atoms with Gasteiger partial charge in [0.2, 0.25) is 0 Å². The van der Waals surface area contributed by atoms with Gasteiger partial charge in [0.15, 0.2) is 11.5 Å². The lowest BCUT2D eigenvalue weighted by atomic mass is 10.1. The summed E-state index contributed by atoms with van der Waals surface area (Å²) in [4.78, 5) is 10.9. The number of amides is 2. The average molecular weight is 194 g/mol. The van der Waals surface area contributed by atoms with Crippen molar-refractivity contribution >= 4 is 6.03 Å². The molecule has 74 valence electrons. The van der Waals surface area contributed by atoms with Crippen LogP contribution < -0.4 is 10.6 Å². The monoisotopic (exact) mass is 194 g/mol. The molecule has 1 atom stereocenters. The highest BCUT2D eigenvalue weighted by atomic mass is 16.3. The van der Waals surface area contributed by atoms with E-state index in [1.54, 1.807) is 12.1 Å². The Morgan fingerprint density at radius 2 is 2.14 bits per heavy atom. The minimum Gasteiger partial charge on any atom is -0.504 e. The van der Waals surface area contributed by atoms with Gasteiger partial charge in [0, 0.05) is 12.1 Å². The van der Waals surface area contributed by atoms with E-state index in [4.69, 9.17) is 0 Å². The van der Waals surface area contributed by atoms with Gasteiger partial charge in [0.05, 0.1) is 6.04 Å². The van der Waals surface area contributed by atoms with Gasteiger partial charge < -0.3 is 20.8 Å². The van der Waals surface area contributed by atoms with Gasteiger partial charge in [-0.15, -0.1) is 0 Å². The molecule has 1 heterocycles. The van der Waals surface area contributed by atoms with Gasteiger partial charge in [-0.1, -0.05) is 12.1 Å². The van der Waals surface area contributed by atoms with Crippen molar-refractivity contribution in [2.75, 3.05) is 6.54 Å². The fraction of sp³-hybridized carbons (Fsp3) is 0.222. The predicted octanol–water partition coefficient (Wildman–Crippen LogP) is 0.452. The lowest BCUT2D eigenvalue weighted by Gasteiger charge is -2.11. The third-order valence-corrected chi connectivity index (χ3v) is 2.19. The Kier molecular flexibility index (Phi) is 1.92. The smallest absolute Gasteiger partial charge is 0.315 e. The Balaban J connectivity index is 2.32. The van der Waals surface area contributed by atoms with E-state index < -0.39 is 0 Å². The summed E-state index contributed by atoms with van der Waals surface area (Å²) in [5.74, 6) is -0.356. The van der Waals surface area contributed by atoms with Crippen LogP contribution in [0.4, 0.5) is 4.79 Å². The minimum absolute atomic E-state index is 0.177. The molecule has 5 nitrogen and oxygen atoms in total. The summed E-state index contributed by atoms with van der Waals surface area (Å²) in [6, 6.07) is 4.12. The first-order valence-electron chi connectivity index (χ1n) is 4.23. The number of benzene rings is 1. The molecular formula is C9H10N2O3. The fourth-order valence-electron chi connectivity index (χ4n) is 1.47. The van der Waals surface area contributed by atoms with Crippen molar-refractivity contribution in [3.05, 3.63) is 23.8 Å². The van der Waals surface area contributed by atoms with Crippen LogP contribution in [0.1, 0.15) is 11.6 Å². The number of para-hydroxylation sites is 1. The summed E-state index contributed by atoms with van der Waals surface area (Å²) >= 11 is 0. The highest BCUT2D eigenvalue weighted by Gasteiger charge is 2.24. The van der Waals surface area contributed by atoms with Gasteiger partial charge in [0.25, 0.3) is 0 Å². The van der Waals surface area contributed by atoms with Crippen molar-refractivity contribution in [3.8, 4) is 11.5 Å². The molecule has 0 aromatic heterocycles. The molecule has 0 spiro atoms. The first-order chi connectivity index (χ1) is 6.68. The minimum atomic E-state index is -0.283. The van der Waals surface area contributed by atoms with Crippen molar-refractivity contribution in [2.45, 2.75) is 6.04 Å².